The Kier molecular flexibility index (Phi) is 6.18. The van der Waals surface area contributed by atoms with Crippen LogP contribution in [0.15, 0.2) is 30.5 Å². The average Bonchev–Trinajstić information content (AvgIpc) is 3.58. The van der Waals surface area contributed by atoms with Gasteiger partial charge in [0.2, 0.25) is 5.95 Å². The first-order valence-corrected chi connectivity index (χ1v) is 10.5. The maximum Gasteiger partial charge on any atom is 0.404 e. The van der Waals surface area contributed by atoms with Crippen molar-refractivity contribution in [2.45, 2.75) is 50.6 Å². The van der Waals surface area contributed by atoms with Crippen LogP contribution in [-0.2, 0) is 0 Å². The van der Waals surface area contributed by atoms with E-state index >= 15 is 0 Å². The number of hydrogen-bond acceptors (Lipinski definition) is 6. The molecule has 2 fully saturated rings. The Balaban J connectivity index is 1.49. The van der Waals surface area contributed by atoms with Crippen LogP contribution in [0.4, 0.5) is 22.2 Å². The van der Waals surface area contributed by atoms with Crippen LogP contribution in [0.1, 0.15) is 49.7 Å². The third-order valence-corrected chi connectivity index (χ3v) is 5.39. The van der Waals surface area contributed by atoms with E-state index in [1.165, 1.54) is 0 Å². The van der Waals surface area contributed by atoms with Gasteiger partial charge >= 0.3 is 6.09 Å². The lowest BCUT2D eigenvalue weighted by Gasteiger charge is -2.25. The van der Waals surface area contributed by atoms with Gasteiger partial charge in [0.15, 0.2) is 0 Å². The maximum atomic E-state index is 10.9. The molecule has 8 heteroatoms. The summed E-state index contributed by atoms with van der Waals surface area (Å²) in [5, 5.41) is 27.0. The van der Waals surface area contributed by atoms with Crippen LogP contribution in [0.3, 0.4) is 0 Å². The Morgan fingerprint density at radius 1 is 1.13 bits per heavy atom. The predicted octanol–water partition coefficient (Wildman–Crippen LogP) is 3.84. The Morgan fingerprint density at radius 2 is 1.94 bits per heavy atom. The summed E-state index contributed by atoms with van der Waals surface area (Å²) >= 11 is 0. The molecule has 8 nitrogen and oxygen atoms in total. The number of aromatic nitrogens is 2. The summed E-state index contributed by atoms with van der Waals surface area (Å²) in [7, 11) is 0. The van der Waals surface area contributed by atoms with Crippen molar-refractivity contribution in [2.24, 2.45) is 5.92 Å². The van der Waals surface area contributed by atoms with E-state index in [9.17, 15) is 4.79 Å². The Morgan fingerprint density at radius 3 is 2.65 bits per heavy atom. The summed E-state index contributed by atoms with van der Waals surface area (Å²) in [6.07, 6.45) is 6.47. The number of nitrogens with one attached hydrogen (secondary N) is 3. The average molecular weight is 416 g/mol. The molecular formula is C23H24N6O2. The van der Waals surface area contributed by atoms with Crippen molar-refractivity contribution in [1.29, 1.82) is 5.26 Å². The molecule has 0 radical (unpaired) electrons. The van der Waals surface area contributed by atoms with E-state index in [-0.39, 0.29) is 12.0 Å². The van der Waals surface area contributed by atoms with E-state index in [2.05, 4.69) is 43.8 Å². The molecule has 2 aliphatic rings. The summed E-state index contributed by atoms with van der Waals surface area (Å²) in [4.78, 5) is 19.9. The number of rotatable bonds is 5. The van der Waals surface area contributed by atoms with E-state index in [0.29, 0.717) is 23.4 Å². The van der Waals surface area contributed by atoms with Crippen molar-refractivity contribution in [3.05, 3.63) is 41.6 Å². The smallest absolute Gasteiger partial charge is 0.404 e. The molecule has 4 N–H and O–H groups in total. The van der Waals surface area contributed by atoms with Crippen molar-refractivity contribution >= 4 is 23.5 Å². The minimum Gasteiger partial charge on any atom is -0.465 e. The third kappa shape index (κ3) is 5.86. The van der Waals surface area contributed by atoms with Crippen LogP contribution in [0.5, 0.6) is 0 Å². The van der Waals surface area contributed by atoms with Crippen molar-refractivity contribution < 1.29 is 9.90 Å². The lowest BCUT2D eigenvalue weighted by molar-refractivity contribution is 0.184. The van der Waals surface area contributed by atoms with Gasteiger partial charge in [-0.25, -0.2) is 9.78 Å². The van der Waals surface area contributed by atoms with Crippen LogP contribution in [0.25, 0.3) is 0 Å². The number of benzene rings is 1. The molecule has 4 rings (SSSR count). The second-order valence-electron chi connectivity index (χ2n) is 7.97. The molecule has 2 aromatic rings. The molecule has 31 heavy (non-hydrogen) atoms. The van der Waals surface area contributed by atoms with Crippen molar-refractivity contribution in [3.63, 3.8) is 0 Å². The van der Waals surface area contributed by atoms with Gasteiger partial charge in [0, 0.05) is 23.7 Å². The van der Waals surface area contributed by atoms with Crippen LogP contribution in [0, 0.1) is 29.1 Å². The zero-order valence-corrected chi connectivity index (χ0v) is 17.1. The highest BCUT2D eigenvalue weighted by Gasteiger charge is 2.24. The molecule has 0 spiro atoms. The summed E-state index contributed by atoms with van der Waals surface area (Å²) in [6.45, 7) is 0. The molecule has 0 bridgehead atoms. The molecule has 0 saturated heterocycles. The monoisotopic (exact) mass is 416 g/mol. The summed E-state index contributed by atoms with van der Waals surface area (Å²) in [5.74, 6) is 7.84. The SMILES string of the molecule is N#Cc1ccc(Nc2ncc(C#C[C@@H]3CCC[C@H](NC(=O)O)C3)c(NC3CC3)n2)cc1. The van der Waals surface area contributed by atoms with Gasteiger partial charge < -0.3 is 21.1 Å². The molecule has 158 valence electrons. The predicted molar refractivity (Wildman–Crippen MR) is 117 cm³/mol. The molecule has 2 saturated carbocycles. The first-order valence-electron chi connectivity index (χ1n) is 10.5. The molecule has 1 aromatic heterocycles. The van der Waals surface area contributed by atoms with Crippen molar-refractivity contribution in [2.75, 3.05) is 10.6 Å². The molecular weight excluding hydrogens is 392 g/mol. The highest BCUT2D eigenvalue weighted by molar-refractivity contribution is 5.65. The van der Waals surface area contributed by atoms with Gasteiger partial charge in [0.05, 0.1) is 23.4 Å². The van der Waals surface area contributed by atoms with E-state index in [4.69, 9.17) is 10.4 Å². The van der Waals surface area contributed by atoms with Crippen molar-refractivity contribution in [3.8, 4) is 17.9 Å². The van der Waals surface area contributed by atoms with Gasteiger partial charge in [0.25, 0.3) is 0 Å². The fourth-order valence-corrected chi connectivity index (χ4v) is 3.63. The van der Waals surface area contributed by atoms with Gasteiger partial charge in [-0.05, 0) is 56.4 Å². The minimum atomic E-state index is -0.978. The number of amides is 1. The quantitative estimate of drug-likeness (QED) is 0.546. The zero-order valence-electron chi connectivity index (χ0n) is 17.1. The maximum absolute atomic E-state index is 10.9. The molecule has 1 heterocycles. The second kappa shape index (κ2) is 9.36. The van der Waals surface area contributed by atoms with Gasteiger partial charge in [0.1, 0.15) is 5.82 Å². The molecule has 1 amide bonds. The molecule has 0 aliphatic heterocycles. The van der Waals surface area contributed by atoms with Gasteiger partial charge in [-0.3, -0.25) is 0 Å². The molecule has 1 aromatic carbocycles. The number of carboxylic acid groups (broad SMARTS) is 1. The van der Waals surface area contributed by atoms with Crippen LogP contribution < -0.4 is 16.0 Å². The summed E-state index contributed by atoms with van der Waals surface area (Å²) < 4.78 is 0. The lowest BCUT2D eigenvalue weighted by Crippen LogP contribution is -2.37. The summed E-state index contributed by atoms with van der Waals surface area (Å²) in [6, 6.07) is 9.58. The third-order valence-electron chi connectivity index (χ3n) is 5.39. The Hall–Kier alpha value is -3.78. The van der Waals surface area contributed by atoms with Gasteiger partial charge in [-0.1, -0.05) is 18.3 Å². The number of nitriles is 1. The van der Waals surface area contributed by atoms with Crippen LogP contribution >= 0.6 is 0 Å². The normalized spacial score (nSPS) is 20.0. The lowest BCUT2D eigenvalue weighted by atomic mass is 9.86. The number of nitrogens with zero attached hydrogens (tertiary/aromatic N) is 3. The van der Waals surface area contributed by atoms with Gasteiger partial charge in [-0.2, -0.15) is 10.2 Å². The number of anilines is 3. The second-order valence-corrected chi connectivity index (χ2v) is 7.97. The van der Waals surface area contributed by atoms with Crippen LogP contribution in [-0.4, -0.2) is 33.3 Å². The minimum absolute atomic E-state index is 0.0372. The first-order chi connectivity index (χ1) is 15.1. The largest absolute Gasteiger partial charge is 0.465 e. The van der Waals surface area contributed by atoms with E-state index in [1.807, 2.05) is 12.1 Å². The standard InChI is InChI=1S/C23H24N6O2/c24-13-16-5-8-19(9-6-16)27-22-25-14-17(21(29-22)26-18-10-11-18)7-4-15-2-1-3-20(12-15)28-23(30)31/h5-6,8-9,14-15,18,20,28H,1-3,10-12H2,(H,30,31)(H2,25,26,27,29)/t15-,20-/m0/s1. The van der Waals surface area contributed by atoms with E-state index < -0.39 is 6.09 Å². The van der Waals surface area contributed by atoms with Gasteiger partial charge in [-0.15, -0.1) is 0 Å². The molecule has 0 unspecified atom stereocenters. The fraction of sp³-hybridized carbons (Fsp3) is 0.391. The highest BCUT2D eigenvalue weighted by Crippen LogP contribution is 2.27. The summed E-state index contributed by atoms with van der Waals surface area (Å²) in [5.41, 5.74) is 2.14. The zero-order chi connectivity index (χ0) is 21.6. The van der Waals surface area contributed by atoms with Crippen LogP contribution in [0.2, 0.25) is 0 Å². The molecule has 2 aliphatic carbocycles. The fourth-order valence-electron chi connectivity index (χ4n) is 3.63. The highest BCUT2D eigenvalue weighted by atomic mass is 16.4. The van der Waals surface area contributed by atoms with E-state index in [0.717, 1.165) is 49.8 Å². The first kappa shape index (κ1) is 20.5. The Labute approximate surface area is 181 Å². The Bertz CT molecular complexity index is 1050. The molecule has 2 atom stereocenters. The van der Waals surface area contributed by atoms with Crippen molar-refractivity contribution in [1.82, 2.24) is 15.3 Å². The topological polar surface area (TPSA) is 123 Å². The number of carbonyl (C=O) groups is 1. The number of hydrogen-bond donors (Lipinski definition) is 4. The van der Waals surface area contributed by atoms with E-state index in [1.54, 1.807) is 18.3 Å².